The second kappa shape index (κ2) is 5.61. The number of hydrogen-bond acceptors (Lipinski definition) is 3. The fraction of sp³-hybridized carbons (Fsp3) is 0.600. The second-order valence-corrected chi connectivity index (χ2v) is 4.90. The van der Waals surface area contributed by atoms with E-state index in [2.05, 4.69) is 12.2 Å². The van der Waals surface area contributed by atoms with Gasteiger partial charge in [-0.1, -0.05) is 19.4 Å². The molecule has 0 spiro atoms. The molecule has 1 fully saturated rings. The molecule has 1 aliphatic heterocycles. The van der Waals surface area contributed by atoms with Crippen LogP contribution in [0.3, 0.4) is 0 Å². The van der Waals surface area contributed by atoms with Gasteiger partial charge in [-0.05, 0) is 37.9 Å². The van der Waals surface area contributed by atoms with Crippen molar-refractivity contribution in [1.29, 1.82) is 0 Å². The highest BCUT2D eigenvalue weighted by Crippen LogP contribution is 2.44. The molecule has 1 saturated heterocycles. The molecular formula is C15H23NO2. The van der Waals surface area contributed by atoms with Crippen molar-refractivity contribution < 1.29 is 9.47 Å². The molecule has 18 heavy (non-hydrogen) atoms. The van der Waals surface area contributed by atoms with E-state index in [-0.39, 0.29) is 5.54 Å². The number of benzene rings is 1. The summed E-state index contributed by atoms with van der Waals surface area (Å²) in [6.07, 6.45) is 4.62. The Balaban J connectivity index is 2.52. The van der Waals surface area contributed by atoms with E-state index in [1.54, 1.807) is 14.2 Å². The van der Waals surface area contributed by atoms with Crippen LogP contribution in [0.2, 0.25) is 0 Å². The highest BCUT2D eigenvalue weighted by molar-refractivity contribution is 5.50. The Morgan fingerprint density at radius 1 is 1.22 bits per heavy atom. The Labute approximate surface area is 109 Å². The largest absolute Gasteiger partial charge is 0.496 e. The van der Waals surface area contributed by atoms with E-state index in [1.165, 1.54) is 12.0 Å². The average Bonchev–Trinajstić information content (AvgIpc) is 2.87. The molecule has 0 saturated carbocycles. The van der Waals surface area contributed by atoms with Crippen LogP contribution in [0.25, 0.3) is 0 Å². The maximum atomic E-state index is 5.55. The first-order chi connectivity index (χ1) is 8.77. The lowest BCUT2D eigenvalue weighted by Crippen LogP contribution is -2.37. The summed E-state index contributed by atoms with van der Waals surface area (Å²) in [4.78, 5) is 0. The van der Waals surface area contributed by atoms with Gasteiger partial charge >= 0.3 is 0 Å². The van der Waals surface area contributed by atoms with Gasteiger partial charge in [0.05, 0.1) is 25.3 Å². The predicted molar refractivity (Wildman–Crippen MR) is 73.4 cm³/mol. The summed E-state index contributed by atoms with van der Waals surface area (Å²) >= 11 is 0. The van der Waals surface area contributed by atoms with Crippen molar-refractivity contribution in [2.75, 3.05) is 20.8 Å². The van der Waals surface area contributed by atoms with Gasteiger partial charge in [0, 0.05) is 0 Å². The fourth-order valence-electron chi connectivity index (χ4n) is 3.11. The molecule has 2 rings (SSSR count). The van der Waals surface area contributed by atoms with Crippen LogP contribution in [0.15, 0.2) is 18.2 Å². The molecule has 1 aliphatic rings. The molecule has 0 amide bonds. The van der Waals surface area contributed by atoms with Gasteiger partial charge in [-0.15, -0.1) is 0 Å². The molecule has 3 nitrogen and oxygen atoms in total. The van der Waals surface area contributed by atoms with E-state index >= 15 is 0 Å². The van der Waals surface area contributed by atoms with Crippen LogP contribution in [-0.4, -0.2) is 20.8 Å². The van der Waals surface area contributed by atoms with E-state index in [9.17, 15) is 0 Å². The third kappa shape index (κ3) is 2.19. The molecule has 1 aromatic carbocycles. The van der Waals surface area contributed by atoms with Crippen LogP contribution in [-0.2, 0) is 5.54 Å². The number of ether oxygens (including phenoxy) is 2. The number of rotatable bonds is 5. The Morgan fingerprint density at radius 3 is 2.33 bits per heavy atom. The van der Waals surface area contributed by atoms with E-state index in [0.29, 0.717) is 0 Å². The van der Waals surface area contributed by atoms with Crippen molar-refractivity contribution in [2.45, 2.75) is 38.1 Å². The van der Waals surface area contributed by atoms with Gasteiger partial charge in [-0.25, -0.2) is 0 Å². The van der Waals surface area contributed by atoms with Gasteiger partial charge in [-0.3, -0.25) is 0 Å². The first-order valence-electron chi connectivity index (χ1n) is 6.74. The SMILES string of the molecule is CCCC1(c2c(OC)cccc2OC)CCCN1. The van der Waals surface area contributed by atoms with Gasteiger partial charge in [0.25, 0.3) is 0 Å². The highest BCUT2D eigenvalue weighted by Gasteiger charge is 2.39. The Morgan fingerprint density at radius 2 is 1.89 bits per heavy atom. The summed E-state index contributed by atoms with van der Waals surface area (Å²) in [6.45, 7) is 3.30. The van der Waals surface area contributed by atoms with Gasteiger partial charge in [0.2, 0.25) is 0 Å². The fourth-order valence-corrected chi connectivity index (χ4v) is 3.11. The Hall–Kier alpha value is -1.22. The van der Waals surface area contributed by atoms with E-state index in [4.69, 9.17) is 9.47 Å². The third-order valence-electron chi connectivity index (χ3n) is 3.83. The standard InChI is InChI=1S/C15H23NO2/c1-4-9-15(10-6-11-16-15)14-12(17-2)7-5-8-13(14)18-3/h5,7-8,16H,4,6,9-11H2,1-3H3. The van der Waals surface area contributed by atoms with Crippen molar-refractivity contribution in [2.24, 2.45) is 0 Å². The summed E-state index contributed by atoms with van der Waals surface area (Å²) < 4.78 is 11.1. The molecule has 0 bridgehead atoms. The molecule has 100 valence electrons. The monoisotopic (exact) mass is 249 g/mol. The molecule has 0 aliphatic carbocycles. The molecule has 1 unspecified atom stereocenters. The molecular weight excluding hydrogens is 226 g/mol. The molecule has 0 radical (unpaired) electrons. The van der Waals surface area contributed by atoms with Crippen LogP contribution < -0.4 is 14.8 Å². The first kappa shape index (κ1) is 13.2. The number of methoxy groups -OCH3 is 2. The van der Waals surface area contributed by atoms with Crippen LogP contribution in [0.5, 0.6) is 11.5 Å². The molecule has 1 aromatic rings. The van der Waals surface area contributed by atoms with E-state index < -0.39 is 0 Å². The number of hydrogen-bond donors (Lipinski definition) is 1. The van der Waals surface area contributed by atoms with Crippen molar-refractivity contribution in [3.8, 4) is 11.5 Å². The third-order valence-corrected chi connectivity index (χ3v) is 3.83. The van der Waals surface area contributed by atoms with Crippen molar-refractivity contribution >= 4 is 0 Å². The first-order valence-corrected chi connectivity index (χ1v) is 6.74. The summed E-state index contributed by atoms with van der Waals surface area (Å²) in [6, 6.07) is 6.03. The van der Waals surface area contributed by atoms with Crippen molar-refractivity contribution in [3.05, 3.63) is 23.8 Å². The van der Waals surface area contributed by atoms with Crippen LogP contribution in [0.4, 0.5) is 0 Å². The zero-order valence-electron chi connectivity index (χ0n) is 11.6. The maximum absolute atomic E-state index is 5.55. The quantitative estimate of drug-likeness (QED) is 0.870. The van der Waals surface area contributed by atoms with E-state index in [0.717, 1.165) is 37.3 Å². The maximum Gasteiger partial charge on any atom is 0.127 e. The minimum atomic E-state index is 0.0205. The molecule has 3 heteroatoms. The zero-order valence-corrected chi connectivity index (χ0v) is 11.6. The summed E-state index contributed by atoms with van der Waals surface area (Å²) in [7, 11) is 3.46. The molecule has 1 atom stereocenters. The van der Waals surface area contributed by atoms with E-state index in [1.807, 2.05) is 18.2 Å². The van der Waals surface area contributed by atoms with Gasteiger partial charge < -0.3 is 14.8 Å². The minimum absolute atomic E-state index is 0.0205. The van der Waals surface area contributed by atoms with Gasteiger partial charge in [0.15, 0.2) is 0 Å². The molecule has 1 heterocycles. The highest BCUT2D eigenvalue weighted by atomic mass is 16.5. The van der Waals surface area contributed by atoms with Crippen molar-refractivity contribution in [3.63, 3.8) is 0 Å². The number of nitrogens with one attached hydrogen (secondary N) is 1. The second-order valence-electron chi connectivity index (χ2n) is 4.90. The summed E-state index contributed by atoms with van der Waals surface area (Å²) in [5.74, 6) is 1.86. The van der Waals surface area contributed by atoms with Crippen LogP contribution in [0, 0.1) is 0 Å². The van der Waals surface area contributed by atoms with Crippen LogP contribution in [0.1, 0.15) is 38.2 Å². The topological polar surface area (TPSA) is 30.5 Å². The lowest BCUT2D eigenvalue weighted by atomic mass is 9.83. The lowest BCUT2D eigenvalue weighted by Gasteiger charge is -2.32. The molecule has 0 aromatic heterocycles. The molecule has 1 N–H and O–H groups in total. The zero-order chi connectivity index (χ0) is 13.0. The minimum Gasteiger partial charge on any atom is -0.496 e. The predicted octanol–water partition coefficient (Wildman–Crippen LogP) is 3.08. The Kier molecular flexibility index (Phi) is 4.12. The summed E-state index contributed by atoms with van der Waals surface area (Å²) in [5, 5.41) is 3.68. The van der Waals surface area contributed by atoms with Crippen LogP contribution >= 0.6 is 0 Å². The summed E-state index contributed by atoms with van der Waals surface area (Å²) in [5.41, 5.74) is 1.21. The smallest absolute Gasteiger partial charge is 0.127 e. The lowest BCUT2D eigenvalue weighted by molar-refractivity contribution is 0.307. The average molecular weight is 249 g/mol. The van der Waals surface area contributed by atoms with Gasteiger partial charge in [0.1, 0.15) is 11.5 Å². The van der Waals surface area contributed by atoms with Crippen molar-refractivity contribution in [1.82, 2.24) is 5.32 Å². The normalized spacial score (nSPS) is 23.1. The Bertz CT molecular complexity index is 375. The van der Waals surface area contributed by atoms with Gasteiger partial charge in [-0.2, -0.15) is 0 Å².